The van der Waals surface area contributed by atoms with Gasteiger partial charge >= 0.3 is 0 Å². The first-order valence-corrected chi connectivity index (χ1v) is 16.5. The molecule has 0 aliphatic heterocycles. The largest absolute Gasteiger partial charge is 0.0678 e. The molecular formula is C28H52Si. The average molecular weight is 417 g/mol. The summed E-state index contributed by atoms with van der Waals surface area (Å²) in [6.45, 7) is 15.8. The molecule has 0 spiro atoms. The molecule has 4 rings (SSSR count). The van der Waals surface area contributed by atoms with Gasteiger partial charge in [-0.2, -0.15) is 0 Å². The second-order valence-electron chi connectivity index (χ2n) is 12.4. The van der Waals surface area contributed by atoms with E-state index in [9.17, 15) is 0 Å². The first kappa shape index (κ1) is 22.4. The molecular weight excluding hydrogens is 364 g/mol. The highest BCUT2D eigenvalue weighted by molar-refractivity contribution is 6.82. The molecule has 4 fully saturated rings. The zero-order valence-electron chi connectivity index (χ0n) is 20.8. The molecule has 8 unspecified atom stereocenters. The SMILES string of the molecule is CC[Si](CC)(C1CC(C2CCCCC2)C2CCCCC21)C1C(C)C(C)C(C)C1C. The van der Waals surface area contributed by atoms with Gasteiger partial charge in [-0.15, -0.1) is 0 Å². The molecule has 0 radical (unpaired) electrons. The summed E-state index contributed by atoms with van der Waals surface area (Å²) in [7, 11) is -1.30. The van der Waals surface area contributed by atoms with Gasteiger partial charge in [0, 0.05) is 0 Å². The summed E-state index contributed by atoms with van der Waals surface area (Å²) in [6.07, 6.45) is 15.7. The normalized spacial score (nSPS) is 46.8. The Balaban J connectivity index is 1.67. The first-order chi connectivity index (χ1) is 14.0. The maximum absolute atomic E-state index is 2.67. The molecule has 168 valence electrons. The fraction of sp³-hybridized carbons (Fsp3) is 1.00. The zero-order valence-corrected chi connectivity index (χ0v) is 21.8. The van der Waals surface area contributed by atoms with E-state index in [1.165, 1.54) is 12.0 Å². The predicted octanol–water partition coefficient (Wildman–Crippen LogP) is 9.18. The lowest BCUT2D eigenvalue weighted by molar-refractivity contribution is 0.150. The quantitative estimate of drug-likeness (QED) is 0.392. The third-order valence-electron chi connectivity index (χ3n) is 12.1. The Morgan fingerprint density at radius 1 is 0.586 bits per heavy atom. The molecule has 0 heterocycles. The highest BCUT2D eigenvalue weighted by Crippen LogP contribution is 2.66. The topological polar surface area (TPSA) is 0 Å². The number of hydrogen-bond donors (Lipinski definition) is 0. The molecule has 0 nitrogen and oxygen atoms in total. The summed E-state index contributed by atoms with van der Waals surface area (Å²) in [5, 5.41) is 0. The van der Waals surface area contributed by atoms with Crippen LogP contribution < -0.4 is 0 Å². The van der Waals surface area contributed by atoms with Gasteiger partial charge < -0.3 is 0 Å². The van der Waals surface area contributed by atoms with E-state index in [1.807, 2.05) is 0 Å². The van der Waals surface area contributed by atoms with Crippen LogP contribution in [0.4, 0.5) is 0 Å². The van der Waals surface area contributed by atoms with Gasteiger partial charge in [0.1, 0.15) is 0 Å². The van der Waals surface area contributed by atoms with Crippen LogP contribution in [0.15, 0.2) is 0 Å². The van der Waals surface area contributed by atoms with E-state index >= 15 is 0 Å². The van der Waals surface area contributed by atoms with Crippen LogP contribution in [-0.4, -0.2) is 8.07 Å². The van der Waals surface area contributed by atoms with Crippen molar-refractivity contribution in [3.63, 3.8) is 0 Å². The van der Waals surface area contributed by atoms with Crippen LogP contribution in [0.3, 0.4) is 0 Å². The maximum Gasteiger partial charge on any atom is 0.0601 e. The Kier molecular flexibility index (Phi) is 6.95. The summed E-state index contributed by atoms with van der Waals surface area (Å²) in [6, 6.07) is 3.15. The fourth-order valence-electron chi connectivity index (χ4n) is 10.3. The van der Waals surface area contributed by atoms with E-state index in [2.05, 4.69) is 41.5 Å². The van der Waals surface area contributed by atoms with Gasteiger partial charge in [-0.1, -0.05) is 105 Å². The summed E-state index contributed by atoms with van der Waals surface area (Å²) in [5.74, 6) is 8.32. The number of fused-ring (bicyclic) bond motifs is 1. The molecule has 0 amide bonds. The van der Waals surface area contributed by atoms with Crippen molar-refractivity contribution in [1.29, 1.82) is 0 Å². The van der Waals surface area contributed by atoms with Crippen LogP contribution in [0.5, 0.6) is 0 Å². The standard InChI is InChI=1S/C28H52Si/c1-7-29(8-2,28-21(5)19(3)20(4)22(28)6)27-18-26(23-14-10-9-11-15-23)24-16-12-13-17-25(24)27/h19-28H,7-18H2,1-6H3. The molecule has 0 aromatic heterocycles. The first-order valence-electron chi connectivity index (χ1n) is 14.0. The predicted molar refractivity (Wildman–Crippen MR) is 131 cm³/mol. The summed E-state index contributed by atoms with van der Waals surface area (Å²) in [4.78, 5) is 0. The van der Waals surface area contributed by atoms with Gasteiger partial charge in [0.15, 0.2) is 0 Å². The average Bonchev–Trinajstić information content (AvgIpc) is 3.24. The maximum atomic E-state index is 2.67. The van der Waals surface area contributed by atoms with Crippen molar-refractivity contribution in [2.24, 2.45) is 47.3 Å². The van der Waals surface area contributed by atoms with Gasteiger partial charge in [0.25, 0.3) is 0 Å². The summed E-state index contributed by atoms with van der Waals surface area (Å²) in [5.41, 5.74) is 2.27. The molecule has 4 saturated carbocycles. The van der Waals surface area contributed by atoms with Crippen molar-refractivity contribution in [2.45, 2.75) is 129 Å². The molecule has 29 heavy (non-hydrogen) atoms. The Hall–Kier alpha value is 0.217. The van der Waals surface area contributed by atoms with Gasteiger partial charge in [-0.05, 0) is 71.3 Å². The minimum atomic E-state index is -1.30. The molecule has 4 aliphatic rings. The van der Waals surface area contributed by atoms with Crippen molar-refractivity contribution in [2.75, 3.05) is 0 Å². The van der Waals surface area contributed by atoms with Crippen molar-refractivity contribution in [3.8, 4) is 0 Å². The van der Waals surface area contributed by atoms with Crippen molar-refractivity contribution < 1.29 is 0 Å². The Morgan fingerprint density at radius 2 is 1.10 bits per heavy atom. The second kappa shape index (κ2) is 8.99. The van der Waals surface area contributed by atoms with E-state index in [1.54, 1.807) is 69.9 Å². The molecule has 0 saturated heterocycles. The van der Waals surface area contributed by atoms with E-state index in [4.69, 9.17) is 0 Å². The smallest absolute Gasteiger partial charge is 0.0601 e. The van der Waals surface area contributed by atoms with Crippen LogP contribution in [-0.2, 0) is 0 Å². The van der Waals surface area contributed by atoms with Gasteiger partial charge in [-0.3, -0.25) is 0 Å². The highest BCUT2D eigenvalue weighted by Gasteiger charge is 2.60. The van der Waals surface area contributed by atoms with Gasteiger partial charge in [0.2, 0.25) is 0 Å². The molecule has 0 aromatic carbocycles. The molecule has 1 heteroatoms. The number of hydrogen-bond acceptors (Lipinski definition) is 0. The second-order valence-corrected chi connectivity index (χ2v) is 17.7. The van der Waals surface area contributed by atoms with Crippen LogP contribution in [0, 0.1) is 47.3 Å². The van der Waals surface area contributed by atoms with Crippen LogP contribution in [0.2, 0.25) is 23.2 Å². The van der Waals surface area contributed by atoms with Gasteiger partial charge in [-0.25, -0.2) is 0 Å². The Morgan fingerprint density at radius 3 is 1.66 bits per heavy atom. The monoisotopic (exact) mass is 416 g/mol. The third-order valence-corrected chi connectivity index (χ3v) is 19.2. The van der Waals surface area contributed by atoms with Crippen molar-refractivity contribution in [1.82, 2.24) is 0 Å². The fourth-order valence-corrected chi connectivity index (χ4v) is 18.0. The molecule has 0 aromatic rings. The van der Waals surface area contributed by atoms with E-state index in [0.717, 1.165) is 52.9 Å². The Bertz CT molecular complexity index is 516. The van der Waals surface area contributed by atoms with Crippen LogP contribution >= 0.6 is 0 Å². The summed E-state index contributed by atoms with van der Waals surface area (Å²) < 4.78 is 0. The lowest BCUT2D eigenvalue weighted by atomic mass is 9.70. The van der Waals surface area contributed by atoms with E-state index < -0.39 is 8.07 Å². The molecule has 0 bridgehead atoms. The zero-order chi connectivity index (χ0) is 20.8. The minimum Gasteiger partial charge on any atom is -0.0678 e. The summed E-state index contributed by atoms with van der Waals surface area (Å²) >= 11 is 0. The van der Waals surface area contributed by atoms with Gasteiger partial charge in [0.05, 0.1) is 8.07 Å². The molecule has 8 atom stereocenters. The minimum absolute atomic E-state index is 0.942. The van der Waals surface area contributed by atoms with Crippen molar-refractivity contribution in [3.05, 3.63) is 0 Å². The lowest BCUT2D eigenvalue weighted by Crippen LogP contribution is -2.48. The number of rotatable bonds is 5. The highest BCUT2D eigenvalue weighted by atomic mass is 28.3. The van der Waals surface area contributed by atoms with Crippen molar-refractivity contribution >= 4 is 8.07 Å². The third kappa shape index (κ3) is 3.62. The Labute approximate surface area is 184 Å². The van der Waals surface area contributed by atoms with Crippen LogP contribution in [0.25, 0.3) is 0 Å². The molecule has 0 N–H and O–H groups in total. The van der Waals surface area contributed by atoms with Crippen LogP contribution in [0.1, 0.15) is 106 Å². The van der Waals surface area contributed by atoms with E-state index in [0.29, 0.717) is 0 Å². The molecule has 4 aliphatic carbocycles. The van der Waals surface area contributed by atoms with E-state index in [-0.39, 0.29) is 0 Å². The lowest BCUT2D eigenvalue weighted by Gasteiger charge is -2.49.